The number of benzene rings is 2. The monoisotopic (exact) mass is 488 g/mol. The van der Waals surface area contributed by atoms with Crippen LogP contribution < -0.4 is 15.2 Å². The summed E-state index contributed by atoms with van der Waals surface area (Å²) in [5, 5.41) is 10.00. The number of aromatic nitrogens is 2. The Kier molecular flexibility index (Phi) is 7.02. The SMILES string of the molecule is CCOc1cccc(C(=O)N(C2CCN(C)CC2)C2C=CN(c3cccc(-c4nnc(C)o4)c3)N2)c1. The summed E-state index contributed by atoms with van der Waals surface area (Å²) in [4.78, 5) is 18.2. The van der Waals surface area contributed by atoms with Gasteiger partial charge >= 0.3 is 0 Å². The molecule has 1 saturated heterocycles. The van der Waals surface area contributed by atoms with Crippen LogP contribution in [0.5, 0.6) is 5.75 Å². The standard InChI is InChI=1S/C27H32N6O3/c1-4-35-24-10-6-8-21(18-24)27(34)33(22-11-14-31(3)15-12-22)25-13-16-32(30-25)23-9-5-7-20(17-23)26-29-28-19(2)36-26/h5-10,13,16-18,22,25,30H,4,11-12,14-15H2,1-3H3. The van der Waals surface area contributed by atoms with E-state index in [4.69, 9.17) is 9.15 Å². The van der Waals surface area contributed by atoms with Gasteiger partial charge in [-0.2, -0.15) is 0 Å². The quantitative estimate of drug-likeness (QED) is 0.537. The van der Waals surface area contributed by atoms with Crippen molar-refractivity contribution in [1.29, 1.82) is 0 Å². The van der Waals surface area contributed by atoms with Crippen LogP contribution in [0, 0.1) is 6.92 Å². The number of piperidine rings is 1. The van der Waals surface area contributed by atoms with Gasteiger partial charge in [0.1, 0.15) is 11.9 Å². The number of anilines is 1. The molecule has 2 aliphatic heterocycles. The number of ether oxygens (including phenoxy) is 1. The second-order valence-electron chi connectivity index (χ2n) is 9.17. The van der Waals surface area contributed by atoms with Gasteiger partial charge in [-0.15, -0.1) is 10.2 Å². The zero-order valence-electron chi connectivity index (χ0n) is 20.9. The van der Waals surface area contributed by atoms with Crippen LogP contribution in [-0.2, 0) is 0 Å². The molecular formula is C27H32N6O3. The van der Waals surface area contributed by atoms with Crippen molar-refractivity contribution in [3.05, 3.63) is 72.3 Å². The Balaban J connectivity index is 1.39. The molecule has 1 fully saturated rings. The predicted molar refractivity (Wildman–Crippen MR) is 137 cm³/mol. The van der Waals surface area contributed by atoms with E-state index in [1.807, 2.05) is 77.6 Å². The topological polar surface area (TPSA) is 87.0 Å². The van der Waals surface area contributed by atoms with Crippen molar-refractivity contribution in [2.75, 3.05) is 31.8 Å². The van der Waals surface area contributed by atoms with Crippen molar-refractivity contribution in [1.82, 2.24) is 25.4 Å². The fourth-order valence-electron chi connectivity index (χ4n) is 4.74. The maximum absolute atomic E-state index is 13.9. The van der Waals surface area contributed by atoms with Crippen molar-refractivity contribution in [2.24, 2.45) is 0 Å². The van der Waals surface area contributed by atoms with Gasteiger partial charge in [0.05, 0.1) is 12.3 Å². The van der Waals surface area contributed by atoms with E-state index in [0.29, 0.717) is 29.7 Å². The maximum Gasteiger partial charge on any atom is 0.255 e. The number of aryl methyl sites for hydroxylation is 1. The molecule has 0 aliphatic carbocycles. The van der Waals surface area contributed by atoms with Gasteiger partial charge in [-0.1, -0.05) is 12.1 Å². The highest BCUT2D eigenvalue weighted by atomic mass is 16.5. The van der Waals surface area contributed by atoms with Crippen molar-refractivity contribution < 1.29 is 13.9 Å². The number of carbonyl (C=O) groups excluding carboxylic acids is 1. The van der Waals surface area contributed by atoms with E-state index in [9.17, 15) is 4.79 Å². The maximum atomic E-state index is 13.9. The van der Waals surface area contributed by atoms with Crippen LogP contribution in [0.3, 0.4) is 0 Å². The molecular weight excluding hydrogens is 456 g/mol. The molecule has 1 amide bonds. The molecule has 2 aliphatic rings. The molecule has 5 rings (SSSR count). The van der Waals surface area contributed by atoms with Crippen molar-refractivity contribution in [3.8, 4) is 17.2 Å². The van der Waals surface area contributed by atoms with E-state index < -0.39 is 0 Å². The van der Waals surface area contributed by atoms with Crippen LogP contribution in [-0.4, -0.2) is 64.9 Å². The third kappa shape index (κ3) is 5.12. The molecule has 188 valence electrons. The number of hydrazine groups is 1. The summed E-state index contributed by atoms with van der Waals surface area (Å²) >= 11 is 0. The average molecular weight is 489 g/mol. The smallest absolute Gasteiger partial charge is 0.255 e. The normalized spacial score (nSPS) is 18.5. The van der Waals surface area contributed by atoms with E-state index in [1.165, 1.54) is 0 Å². The Morgan fingerprint density at radius 3 is 2.72 bits per heavy atom. The summed E-state index contributed by atoms with van der Waals surface area (Å²) < 4.78 is 11.2. The van der Waals surface area contributed by atoms with Gasteiger partial charge in [0.2, 0.25) is 11.8 Å². The molecule has 1 N–H and O–H groups in total. The fourth-order valence-corrected chi connectivity index (χ4v) is 4.74. The summed E-state index contributed by atoms with van der Waals surface area (Å²) in [6, 6.07) is 15.4. The van der Waals surface area contributed by atoms with Crippen LogP contribution in [0.25, 0.3) is 11.5 Å². The largest absolute Gasteiger partial charge is 0.494 e. The van der Waals surface area contributed by atoms with Crippen LogP contribution >= 0.6 is 0 Å². The van der Waals surface area contributed by atoms with Crippen LogP contribution in [0.2, 0.25) is 0 Å². The van der Waals surface area contributed by atoms with Gasteiger partial charge in [-0.3, -0.25) is 9.80 Å². The Bertz CT molecular complexity index is 1230. The first-order valence-electron chi connectivity index (χ1n) is 12.4. The molecule has 3 heterocycles. The van der Waals surface area contributed by atoms with Gasteiger partial charge < -0.3 is 19.0 Å². The van der Waals surface area contributed by atoms with Crippen molar-refractivity contribution in [3.63, 3.8) is 0 Å². The number of hydrogen-bond donors (Lipinski definition) is 1. The van der Waals surface area contributed by atoms with Crippen LogP contribution in [0.15, 0.2) is 65.2 Å². The summed E-state index contributed by atoms with van der Waals surface area (Å²) in [7, 11) is 2.13. The number of likely N-dealkylation sites (tertiary alicyclic amines) is 1. The molecule has 0 saturated carbocycles. The summed E-state index contributed by atoms with van der Waals surface area (Å²) in [6.45, 7) is 6.18. The highest BCUT2D eigenvalue weighted by molar-refractivity contribution is 5.95. The predicted octanol–water partition coefficient (Wildman–Crippen LogP) is 3.84. The number of rotatable bonds is 7. The fraction of sp³-hybridized carbons (Fsp3) is 0.370. The first-order valence-corrected chi connectivity index (χ1v) is 12.4. The molecule has 9 heteroatoms. The Morgan fingerprint density at radius 2 is 1.97 bits per heavy atom. The molecule has 1 atom stereocenters. The van der Waals surface area contributed by atoms with Gasteiger partial charge in [-0.25, -0.2) is 5.43 Å². The molecule has 0 spiro atoms. The minimum Gasteiger partial charge on any atom is -0.494 e. The molecule has 36 heavy (non-hydrogen) atoms. The lowest BCUT2D eigenvalue weighted by Crippen LogP contribution is -2.56. The van der Waals surface area contributed by atoms with E-state index in [0.717, 1.165) is 37.2 Å². The first-order chi connectivity index (χ1) is 17.5. The Hall–Kier alpha value is -3.69. The van der Waals surface area contributed by atoms with Crippen LogP contribution in [0.1, 0.15) is 36.0 Å². The van der Waals surface area contributed by atoms with Gasteiger partial charge in [0.15, 0.2) is 0 Å². The summed E-state index contributed by atoms with van der Waals surface area (Å²) in [5.41, 5.74) is 5.88. The number of carbonyl (C=O) groups is 1. The summed E-state index contributed by atoms with van der Waals surface area (Å²) in [5.74, 6) is 1.70. The lowest BCUT2D eigenvalue weighted by molar-refractivity contribution is 0.0486. The van der Waals surface area contributed by atoms with E-state index in [1.54, 1.807) is 6.92 Å². The third-order valence-corrected chi connectivity index (χ3v) is 6.59. The lowest BCUT2D eigenvalue weighted by atomic mass is 10.0. The second-order valence-corrected chi connectivity index (χ2v) is 9.17. The van der Waals surface area contributed by atoms with Gasteiger partial charge in [-0.05, 0) is 82.4 Å². The molecule has 1 aromatic heterocycles. The average Bonchev–Trinajstić information content (AvgIpc) is 3.55. The highest BCUT2D eigenvalue weighted by Gasteiger charge is 2.35. The third-order valence-electron chi connectivity index (χ3n) is 6.59. The number of nitrogens with zero attached hydrogens (tertiary/aromatic N) is 5. The zero-order valence-corrected chi connectivity index (χ0v) is 20.9. The highest BCUT2D eigenvalue weighted by Crippen LogP contribution is 2.28. The lowest BCUT2D eigenvalue weighted by Gasteiger charge is -2.40. The summed E-state index contributed by atoms with van der Waals surface area (Å²) in [6.07, 6.45) is 5.56. The van der Waals surface area contributed by atoms with Gasteiger partial charge in [0.25, 0.3) is 5.91 Å². The van der Waals surface area contributed by atoms with E-state index in [-0.39, 0.29) is 18.1 Å². The van der Waals surface area contributed by atoms with Crippen LogP contribution in [0.4, 0.5) is 5.69 Å². The number of hydrogen-bond acceptors (Lipinski definition) is 8. The minimum atomic E-state index is -0.282. The Labute approximate surface area is 211 Å². The number of nitrogens with one attached hydrogen (secondary N) is 1. The van der Waals surface area contributed by atoms with Crippen molar-refractivity contribution in [2.45, 2.75) is 38.9 Å². The molecule has 9 nitrogen and oxygen atoms in total. The molecule has 0 radical (unpaired) electrons. The van der Waals surface area contributed by atoms with Crippen molar-refractivity contribution >= 4 is 11.6 Å². The molecule has 1 unspecified atom stereocenters. The van der Waals surface area contributed by atoms with Gasteiger partial charge in [0, 0.05) is 30.3 Å². The Morgan fingerprint density at radius 1 is 1.17 bits per heavy atom. The molecule has 0 bridgehead atoms. The van der Waals surface area contributed by atoms with E-state index >= 15 is 0 Å². The molecule has 3 aromatic rings. The zero-order chi connectivity index (χ0) is 25.1. The molecule has 2 aromatic carbocycles. The second kappa shape index (κ2) is 10.5. The van der Waals surface area contributed by atoms with E-state index in [2.05, 4.69) is 27.6 Å². The number of amides is 1. The first kappa shape index (κ1) is 24.0. The minimum absolute atomic E-state index is 0.00908.